The Bertz CT molecular complexity index is 1600. The van der Waals surface area contributed by atoms with E-state index >= 15 is 0 Å². The number of aldehydes is 2. The number of likely N-dealkylation sites (N-methyl/N-ethyl adjacent to an activating group) is 1. The molecule has 13 heteroatoms. The second kappa shape index (κ2) is 17.1. The maximum Gasteiger partial charge on any atom is 0.274 e. The molecule has 1 unspecified atom stereocenters. The number of aliphatic hydroxyl groups excluding tert-OH is 1. The summed E-state index contributed by atoms with van der Waals surface area (Å²) in [5.74, 6) is -0.802. The van der Waals surface area contributed by atoms with Crippen LogP contribution in [0.5, 0.6) is 0 Å². The molecule has 0 aliphatic carbocycles. The zero-order valence-corrected chi connectivity index (χ0v) is 26.7. The Balaban J connectivity index is 1.86. The number of halogens is 1. The number of hydrogen-bond acceptors (Lipinski definition) is 10. The highest BCUT2D eigenvalue weighted by Crippen LogP contribution is 2.25. The number of amides is 2. The molecule has 4 N–H and O–H groups in total. The molecule has 242 valence electrons. The van der Waals surface area contributed by atoms with Gasteiger partial charge in [-0.05, 0) is 42.2 Å². The predicted molar refractivity (Wildman–Crippen MR) is 172 cm³/mol. The van der Waals surface area contributed by atoms with Crippen molar-refractivity contribution in [2.24, 2.45) is 5.92 Å². The average Bonchev–Trinajstić information content (AvgIpc) is 3.50. The maximum atomic E-state index is 13.1. The first-order valence-corrected chi connectivity index (χ1v) is 14.9. The van der Waals surface area contributed by atoms with Crippen LogP contribution in [0.4, 0.5) is 5.69 Å². The lowest BCUT2D eigenvalue weighted by Gasteiger charge is -2.29. The first-order valence-electron chi connectivity index (χ1n) is 14.5. The number of aryl methyl sites for hydroxylation is 1. The van der Waals surface area contributed by atoms with Gasteiger partial charge in [0.1, 0.15) is 36.0 Å². The third-order valence-electron chi connectivity index (χ3n) is 7.03. The highest BCUT2D eigenvalue weighted by atomic mass is 35.5. The van der Waals surface area contributed by atoms with E-state index in [1.807, 2.05) is 32.0 Å². The van der Waals surface area contributed by atoms with Crippen molar-refractivity contribution in [2.45, 2.75) is 51.5 Å². The number of aliphatic hydroxyl groups is 1. The molecule has 2 amide bonds. The molecule has 4 atom stereocenters. The fourth-order valence-electron chi connectivity index (χ4n) is 4.58. The number of hydrogen-bond donors (Lipinski definition) is 4. The van der Waals surface area contributed by atoms with Gasteiger partial charge in [-0.2, -0.15) is 5.26 Å². The maximum absolute atomic E-state index is 13.1. The zero-order valence-electron chi connectivity index (χ0n) is 25.9. The minimum absolute atomic E-state index is 0.00762. The van der Waals surface area contributed by atoms with E-state index in [-0.39, 0.29) is 30.3 Å². The van der Waals surface area contributed by atoms with E-state index in [1.54, 1.807) is 56.4 Å². The molecule has 0 aliphatic heterocycles. The van der Waals surface area contributed by atoms with Crippen LogP contribution in [0.1, 0.15) is 47.3 Å². The number of nitrogens with one attached hydrogen (secondary N) is 3. The van der Waals surface area contributed by atoms with Gasteiger partial charge in [-0.1, -0.05) is 67.0 Å². The Morgan fingerprint density at radius 3 is 2.41 bits per heavy atom. The minimum Gasteiger partial charge on any atom is -0.389 e. The van der Waals surface area contributed by atoms with Gasteiger partial charge < -0.3 is 40.1 Å². The smallest absolute Gasteiger partial charge is 0.274 e. The molecule has 46 heavy (non-hydrogen) atoms. The highest BCUT2D eigenvalue weighted by molar-refractivity contribution is 6.31. The highest BCUT2D eigenvalue weighted by Gasteiger charge is 2.28. The van der Waals surface area contributed by atoms with Crippen LogP contribution in [-0.4, -0.2) is 66.4 Å². The van der Waals surface area contributed by atoms with Crippen LogP contribution < -0.4 is 20.9 Å². The molecule has 0 saturated heterocycles. The summed E-state index contributed by atoms with van der Waals surface area (Å²) in [5, 5.41) is 33.2. The van der Waals surface area contributed by atoms with Gasteiger partial charge in [-0.15, -0.1) is 0 Å². The third-order valence-corrected chi connectivity index (χ3v) is 7.40. The van der Waals surface area contributed by atoms with Crippen LogP contribution in [0.25, 0.3) is 0 Å². The quantitative estimate of drug-likeness (QED) is 0.103. The minimum atomic E-state index is -1.41. The number of carbonyl (C=O) groups is 4. The normalized spacial score (nSPS) is 14.1. The summed E-state index contributed by atoms with van der Waals surface area (Å²) in [6.45, 7) is 5.35. The van der Waals surface area contributed by atoms with Crippen molar-refractivity contribution in [3.05, 3.63) is 93.9 Å². The zero-order chi connectivity index (χ0) is 33.8. The van der Waals surface area contributed by atoms with E-state index in [0.29, 0.717) is 34.6 Å². The van der Waals surface area contributed by atoms with Gasteiger partial charge in [0.25, 0.3) is 11.8 Å². The van der Waals surface area contributed by atoms with Crippen LogP contribution in [0.2, 0.25) is 5.02 Å². The number of aromatic nitrogens is 1. The number of benzene rings is 2. The van der Waals surface area contributed by atoms with Gasteiger partial charge in [-0.25, -0.2) is 0 Å². The van der Waals surface area contributed by atoms with Crippen molar-refractivity contribution in [3.8, 4) is 6.07 Å². The Kier molecular flexibility index (Phi) is 13.3. The fraction of sp³-hybridized carbons (Fsp3) is 0.333. The lowest BCUT2D eigenvalue weighted by molar-refractivity contribution is -0.114. The first kappa shape index (κ1) is 35.8. The van der Waals surface area contributed by atoms with E-state index < -0.39 is 36.0 Å². The Labute approximate surface area is 272 Å². The lowest BCUT2D eigenvalue weighted by Crippen LogP contribution is -2.52. The number of rotatable bonds is 16. The Hall–Kier alpha value is -4.67. The predicted octanol–water partition coefficient (Wildman–Crippen LogP) is 3.05. The molecule has 12 nitrogen and oxygen atoms in total. The average molecular weight is 649 g/mol. The number of nitriles is 1. The fourth-order valence-corrected chi connectivity index (χ4v) is 4.78. The van der Waals surface area contributed by atoms with Gasteiger partial charge in [0.15, 0.2) is 5.69 Å². The topological polar surface area (TPSA) is 178 Å². The summed E-state index contributed by atoms with van der Waals surface area (Å²) in [5.41, 5.74) is 1.81. The summed E-state index contributed by atoms with van der Waals surface area (Å²) in [6.07, 6.45) is 1.23. The standard InChI is InChI=1S/C33H37ClN6O6/c1-20(2)12-24(15-35)33(45)40(4)25-10-7-9-22(14-25)31(37-16-23-8-5-6-11-26(23)34)29(19-42)36-17-30(43)28(18-41)38-32(44)27-13-21(3)46-39-27/h5-14,18-20,28-31,36-37,43H,16-17H2,1-4H3,(H,38,44)/t28-,29?,30+,31-/m1/s1. The van der Waals surface area contributed by atoms with Crippen LogP contribution in [0, 0.1) is 24.2 Å². The van der Waals surface area contributed by atoms with E-state index in [1.165, 1.54) is 11.0 Å². The molecule has 0 saturated carbocycles. The van der Waals surface area contributed by atoms with Crippen LogP contribution in [0.3, 0.4) is 0 Å². The molecule has 0 spiro atoms. The number of carbonyl (C=O) groups excluding carboxylic acids is 4. The molecule has 0 aliphatic rings. The lowest BCUT2D eigenvalue weighted by atomic mass is 9.98. The van der Waals surface area contributed by atoms with Crippen LogP contribution in [0.15, 0.2) is 70.8 Å². The van der Waals surface area contributed by atoms with Crippen molar-refractivity contribution >= 4 is 41.7 Å². The van der Waals surface area contributed by atoms with Gasteiger partial charge in [-0.3, -0.25) is 9.59 Å². The van der Waals surface area contributed by atoms with E-state index in [2.05, 4.69) is 21.1 Å². The molecule has 0 bridgehead atoms. The SMILES string of the molecule is Cc1cc(C(=O)N[C@H](C=O)[C@@H](O)CNC(C=O)[C@H](NCc2ccccc2Cl)c2cccc(N(C)C(=O)C(C#N)=CC(C)C)c2)no1. The molecular weight excluding hydrogens is 612 g/mol. The number of allylic oxidation sites excluding steroid dienone is 1. The van der Waals surface area contributed by atoms with Crippen molar-refractivity contribution < 1.29 is 28.8 Å². The van der Waals surface area contributed by atoms with Crippen molar-refractivity contribution in [1.29, 1.82) is 5.26 Å². The number of nitrogens with zero attached hydrogens (tertiary/aromatic N) is 3. The van der Waals surface area contributed by atoms with E-state index in [0.717, 1.165) is 5.56 Å². The van der Waals surface area contributed by atoms with Gasteiger partial charge in [0.2, 0.25) is 0 Å². The Morgan fingerprint density at radius 1 is 1.09 bits per heavy atom. The molecule has 1 heterocycles. The summed E-state index contributed by atoms with van der Waals surface area (Å²) < 4.78 is 4.89. The van der Waals surface area contributed by atoms with Crippen LogP contribution in [-0.2, 0) is 20.9 Å². The summed E-state index contributed by atoms with van der Waals surface area (Å²) in [6, 6.07) is 14.5. The number of anilines is 1. The van der Waals surface area contributed by atoms with Crippen molar-refractivity contribution in [2.75, 3.05) is 18.5 Å². The molecule has 2 aromatic carbocycles. The second-order valence-corrected chi connectivity index (χ2v) is 11.3. The van der Waals surface area contributed by atoms with Gasteiger partial charge in [0.05, 0.1) is 18.2 Å². The van der Waals surface area contributed by atoms with Crippen LogP contribution >= 0.6 is 11.6 Å². The largest absolute Gasteiger partial charge is 0.389 e. The molecule has 0 fully saturated rings. The third kappa shape index (κ3) is 9.66. The van der Waals surface area contributed by atoms with Gasteiger partial charge >= 0.3 is 0 Å². The molecular formula is C33H37ClN6O6. The van der Waals surface area contributed by atoms with Gasteiger partial charge in [0, 0.05) is 36.9 Å². The van der Waals surface area contributed by atoms with E-state index in [9.17, 15) is 29.5 Å². The summed E-state index contributed by atoms with van der Waals surface area (Å²) in [4.78, 5) is 51.2. The monoisotopic (exact) mass is 648 g/mol. The van der Waals surface area contributed by atoms with Crippen molar-refractivity contribution in [3.63, 3.8) is 0 Å². The second-order valence-electron chi connectivity index (χ2n) is 10.9. The molecule has 0 radical (unpaired) electrons. The Morgan fingerprint density at radius 2 is 1.80 bits per heavy atom. The first-order chi connectivity index (χ1) is 22.0. The van der Waals surface area contributed by atoms with Crippen molar-refractivity contribution in [1.82, 2.24) is 21.1 Å². The summed E-state index contributed by atoms with van der Waals surface area (Å²) in [7, 11) is 1.55. The summed E-state index contributed by atoms with van der Waals surface area (Å²) >= 11 is 6.38. The molecule has 3 rings (SSSR count). The molecule has 3 aromatic rings. The molecule has 1 aromatic heterocycles. The van der Waals surface area contributed by atoms with E-state index in [4.69, 9.17) is 16.1 Å².